The van der Waals surface area contributed by atoms with Gasteiger partial charge in [0.1, 0.15) is 0 Å². The Morgan fingerprint density at radius 1 is 1.00 bits per heavy atom. The Morgan fingerprint density at radius 3 is 2.21 bits per heavy atom. The highest BCUT2D eigenvalue weighted by atomic mass is 28.4. The van der Waals surface area contributed by atoms with Gasteiger partial charge in [0.25, 0.3) is 8.32 Å². The van der Waals surface area contributed by atoms with Gasteiger partial charge < -0.3 is 9.16 Å². The Morgan fingerprint density at radius 2 is 1.62 bits per heavy atom. The zero-order valence-corrected chi connectivity index (χ0v) is 15.0. The lowest BCUT2D eigenvalue weighted by Crippen LogP contribution is -2.90. The lowest BCUT2D eigenvalue weighted by Gasteiger charge is -2.65. The summed E-state index contributed by atoms with van der Waals surface area (Å²) in [7, 11) is -2.06. The van der Waals surface area contributed by atoms with E-state index >= 15 is 0 Å². The smallest absolute Gasteiger partial charge is 0.271 e. The van der Waals surface area contributed by atoms with Crippen molar-refractivity contribution in [3.05, 3.63) is 59.7 Å². The van der Waals surface area contributed by atoms with Crippen LogP contribution in [0.15, 0.2) is 48.5 Å². The number of hydrogen-bond donors (Lipinski definition) is 0. The van der Waals surface area contributed by atoms with Gasteiger partial charge in [0.2, 0.25) is 0 Å². The van der Waals surface area contributed by atoms with Crippen molar-refractivity contribution in [2.75, 3.05) is 6.61 Å². The average Bonchev–Trinajstić information content (AvgIpc) is 3.26. The molecule has 122 valence electrons. The molecule has 0 bridgehead atoms. The minimum absolute atomic E-state index is 0.135. The van der Waals surface area contributed by atoms with Gasteiger partial charge in [-0.25, -0.2) is 0 Å². The van der Waals surface area contributed by atoms with Crippen molar-refractivity contribution < 1.29 is 9.16 Å². The monoisotopic (exact) mass is 334 g/mol. The largest absolute Gasteiger partial charge is 0.404 e. The van der Waals surface area contributed by atoms with Gasteiger partial charge >= 0.3 is 0 Å². The third-order valence-corrected chi connectivity index (χ3v) is 12.0. The fourth-order valence-electron chi connectivity index (χ4n) is 5.57. The predicted molar refractivity (Wildman–Crippen MR) is 96.4 cm³/mol. The van der Waals surface area contributed by atoms with Gasteiger partial charge in [-0.1, -0.05) is 55.5 Å². The van der Waals surface area contributed by atoms with E-state index in [4.69, 9.17) is 9.16 Å². The SMILES string of the molecule is CC12c3ccccc3[Si]1(OC[C@H]1CCC3(CC3)O1)c1ccccc12. The summed E-state index contributed by atoms with van der Waals surface area (Å²) in [6, 6.07) is 17.9. The molecule has 6 rings (SSSR count). The zero-order chi connectivity index (χ0) is 16.0. The van der Waals surface area contributed by atoms with E-state index in [1.165, 1.54) is 47.2 Å². The summed E-state index contributed by atoms with van der Waals surface area (Å²) in [5.41, 5.74) is 3.23. The zero-order valence-electron chi connectivity index (χ0n) is 14.0. The molecular weight excluding hydrogens is 312 g/mol. The van der Waals surface area contributed by atoms with Crippen LogP contribution in [0.4, 0.5) is 0 Å². The van der Waals surface area contributed by atoms with Crippen LogP contribution in [0, 0.1) is 0 Å². The molecule has 1 saturated heterocycles. The maximum Gasteiger partial charge on any atom is 0.271 e. The number of hydrogen-bond acceptors (Lipinski definition) is 2. The average molecular weight is 334 g/mol. The van der Waals surface area contributed by atoms with E-state index in [-0.39, 0.29) is 10.6 Å². The minimum Gasteiger partial charge on any atom is -0.404 e. The van der Waals surface area contributed by atoms with Gasteiger partial charge in [-0.2, -0.15) is 0 Å². The molecule has 0 amide bonds. The van der Waals surface area contributed by atoms with Crippen LogP contribution in [0.3, 0.4) is 0 Å². The van der Waals surface area contributed by atoms with E-state index in [0.29, 0.717) is 6.10 Å². The van der Waals surface area contributed by atoms with Crippen LogP contribution in [0.2, 0.25) is 0 Å². The first-order chi connectivity index (χ1) is 11.7. The Hall–Kier alpha value is -1.42. The molecule has 0 N–H and O–H groups in total. The molecule has 2 nitrogen and oxygen atoms in total. The number of fused-ring (bicyclic) bond motifs is 7. The molecule has 1 aliphatic carbocycles. The standard InChI is InChI=1S/C21H22O2Si/c1-20-16-6-2-4-8-18(16)24(20,19-9-5-3-7-17(19)20)22-14-15-10-11-21(23-15)12-13-21/h2-9,15H,10-14H2,1H3/t15-,20?,24?/m1/s1. The lowest BCUT2D eigenvalue weighted by molar-refractivity contribution is 0.00106. The van der Waals surface area contributed by atoms with Crippen molar-refractivity contribution in [1.82, 2.24) is 0 Å². The summed E-state index contributed by atoms with van der Waals surface area (Å²) in [6.07, 6.45) is 5.23. The highest BCUT2D eigenvalue weighted by molar-refractivity contribution is 7.07. The van der Waals surface area contributed by atoms with Crippen LogP contribution < -0.4 is 10.4 Å². The van der Waals surface area contributed by atoms with Crippen LogP contribution in [-0.2, 0) is 14.2 Å². The molecule has 1 saturated carbocycles. The molecular formula is C21H22O2Si. The van der Waals surface area contributed by atoms with Crippen molar-refractivity contribution in [2.45, 2.75) is 49.4 Å². The molecule has 0 aromatic heterocycles. The molecule has 1 atom stereocenters. The van der Waals surface area contributed by atoms with Crippen LogP contribution >= 0.6 is 0 Å². The van der Waals surface area contributed by atoms with E-state index in [1.54, 1.807) is 0 Å². The molecule has 3 aliphatic heterocycles. The first-order valence-electron chi connectivity index (χ1n) is 9.21. The van der Waals surface area contributed by atoms with Gasteiger partial charge in [-0.15, -0.1) is 0 Å². The Kier molecular flexibility index (Phi) is 2.43. The highest BCUT2D eigenvalue weighted by Gasteiger charge is 2.74. The molecule has 1 spiro atoms. The Balaban J connectivity index is 1.37. The van der Waals surface area contributed by atoms with Crippen molar-refractivity contribution >= 4 is 18.7 Å². The van der Waals surface area contributed by atoms with E-state index in [1.807, 2.05) is 0 Å². The number of rotatable bonds is 3. The van der Waals surface area contributed by atoms with Gasteiger partial charge in [0.15, 0.2) is 0 Å². The fourth-order valence-corrected chi connectivity index (χ4v) is 10.9. The third-order valence-electron chi connectivity index (χ3n) is 7.03. The number of ether oxygens (including phenoxy) is 1. The molecule has 2 fully saturated rings. The molecule has 4 aliphatic rings. The summed E-state index contributed by atoms with van der Waals surface area (Å²) in [5, 5.41) is 3.12. The van der Waals surface area contributed by atoms with E-state index in [2.05, 4.69) is 55.5 Å². The maximum atomic E-state index is 6.84. The second-order valence-electron chi connectivity index (χ2n) is 8.17. The van der Waals surface area contributed by atoms with Crippen LogP contribution in [0.25, 0.3) is 0 Å². The van der Waals surface area contributed by atoms with Crippen molar-refractivity contribution in [2.24, 2.45) is 0 Å². The quantitative estimate of drug-likeness (QED) is 0.804. The summed E-state index contributed by atoms with van der Waals surface area (Å²) in [5.74, 6) is 0. The molecule has 3 heteroatoms. The molecule has 0 radical (unpaired) electrons. The van der Waals surface area contributed by atoms with Crippen molar-refractivity contribution in [3.63, 3.8) is 0 Å². The first-order valence-corrected chi connectivity index (χ1v) is 11.1. The van der Waals surface area contributed by atoms with E-state index in [0.717, 1.165) is 6.61 Å². The predicted octanol–water partition coefficient (Wildman–Crippen LogP) is 2.65. The third kappa shape index (κ3) is 1.38. The molecule has 2 aromatic rings. The summed E-state index contributed by atoms with van der Waals surface area (Å²) in [6.45, 7) is 3.17. The maximum absolute atomic E-state index is 6.84. The molecule has 0 unspecified atom stereocenters. The second-order valence-corrected chi connectivity index (χ2v) is 11.9. The topological polar surface area (TPSA) is 18.5 Å². The molecule has 3 heterocycles. The van der Waals surface area contributed by atoms with Gasteiger partial charge in [0.05, 0.1) is 18.3 Å². The van der Waals surface area contributed by atoms with Gasteiger partial charge in [-0.05, 0) is 47.2 Å². The lowest BCUT2D eigenvalue weighted by atomic mass is 9.88. The summed E-state index contributed by atoms with van der Waals surface area (Å²) in [4.78, 5) is 0. The van der Waals surface area contributed by atoms with Crippen molar-refractivity contribution in [3.8, 4) is 0 Å². The Bertz CT molecular complexity index is 807. The highest BCUT2D eigenvalue weighted by Crippen LogP contribution is 2.55. The van der Waals surface area contributed by atoms with Gasteiger partial charge in [0, 0.05) is 5.04 Å². The minimum atomic E-state index is -2.06. The fraction of sp³-hybridized carbons (Fsp3) is 0.429. The second kappa shape index (κ2) is 4.21. The van der Waals surface area contributed by atoms with E-state index < -0.39 is 8.32 Å². The Labute approximate surface area is 143 Å². The molecule has 24 heavy (non-hydrogen) atoms. The molecule has 2 aromatic carbocycles. The number of benzene rings is 2. The first kappa shape index (κ1) is 13.8. The van der Waals surface area contributed by atoms with Crippen LogP contribution in [0.5, 0.6) is 0 Å². The van der Waals surface area contributed by atoms with E-state index in [9.17, 15) is 0 Å². The normalized spacial score (nSPS) is 36.3. The van der Waals surface area contributed by atoms with Crippen LogP contribution in [-0.4, -0.2) is 26.6 Å². The summed E-state index contributed by atoms with van der Waals surface area (Å²) < 4.78 is 13.1. The van der Waals surface area contributed by atoms with Crippen LogP contribution in [0.1, 0.15) is 43.7 Å². The van der Waals surface area contributed by atoms with Gasteiger partial charge in [-0.3, -0.25) is 0 Å². The summed E-state index contributed by atoms with van der Waals surface area (Å²) >= 11 is 0. The van der Waals surface area contributed by atoms with Crippen molar-refractivity contribution in [1.29, 1.82) is 0 Å².